The Bertz CT molecular complexity index is 992. The largest absolute Gasteiger partial charge is 0.282 e. The summed E-state index contributed by atoms with van der Waals surface area (Å²) in [7, 11) is -7.45. The predicted octanol–water partition coefficient (Wildman–Crippen LogP) is 2.96. The molecule has 0 saturated carbocycles. The van der Waals surface area contributed by atoms with Crippen LogP contribution in [0.25, 0.3) is 0 Å². The molecule has 2 aromatic rings. The number of benzene rings is 2. The van der Waals surface area contributed by atoms with Crippen LogP contribution in [0, 0.1) is 12.7 Å². The Morgan fingerprint density at radius 2 is 1.67 bits per heavy atom. The topological polar surface area (TPSA) is 92.3 Å². The van der Waals surface area contributed by atoms with E-state index in [-0.39, 0.29) is 26.9 Å². The van der Waals surface area contributed by atoms with E-state index in [1.54, 1.807) is 0 Å². The molecule has 0 unspecified atom stereocenters. The van der Waals surface area contributed by atoms with Crippen LogP contribution in [-0.2, 0) is 20.0 Å². The Balaban J connectivity index is 2.32. The van der Waals surface area contributed by atoms with Crippen LogP contribution in [0.1, 0.15) is 5.56 Å². The first-order chi connectivity index (χ1) is 11.0. The Morgan fingerprint density at radius 1 is 1.00 bits per heavy atom. The van der Waals surface area contributed by atoms with Crippen molar-refractivity contribution in [3.8, 4) is 0 Å². The van der Waals surface area contributed by atoms with Crippen LogP contribution >= 0.6 is 11.6 Å². The van der Waals surface area contributed by atoms with Crippen LogP contribution in [-0.4, -0.2) is 23.1 Å². The molecule has 0 aliphatic carbocycles. The highest BCUT2D eigenvalue weighted by molar-refractivity contribution is 7.92. The van der Waals surface area contributed by atoms with Gasteiger partial charge in [0.15, 0.2) is 0 Å². The summed E-state index contributed by atoms with van der Waals surface area (Å²) in [6.07, 6.45) is 0.970. The summed E-state index contributed by atoms with van der Waals surface area (Å²) in [6.45, 7) is 1.48. The summed E-state index contributed by atoms with van der Waals surface area (Å²) in [6, 6.07) is 7.28. The minimum Gasteiger partial charge on any atom is -0.282 e. The van der Waals surface area contributed by atoms with Gasteiger partial charge in [0.05, 0.1) is 27.5 Å². The van der Waals surface area contributed by atoms with Crippen molar-refractivity contribution >= 4 is 43.0 Å². The second-order valence-electron chi connectivity index (χ2n) is 5.08. The molecule has 0 bridgehead atoms. The lowest BCUT2D eigenvalue weighted by molar-refractivity contribution is 0.598. The second kappa shape index (κ2) is 6.58. The Kier molecular flexibility index (Phi) is 5.07. The number of anilines is 2. The van der Waals surface area contributed by atoms with Gasteiger partial charge in [0, 0.05) is 0 Å². The molecule has 10 heteroatoms. The lowest BCUT2D eigenvalue weighted by atomic mass is 10.2. The third kappa shape index (κ3) is 4.59. The molecule has 2 rings (SSSR count). The van der Waals surface area contributed by atoms with E-state index in [2.05, 4.69) is 9.44 Å². The molecule has 0 atom stereocenters. The van der Waals surface area contributed by atoms with Crippen molar-refractivity contribution in [1.29, 1.82) is 0 Å². The lowest BCUT2D eigenvalue weighted by Crippen LogP contribution is -2.15. The molecule has 24 heavy (non-hydrogen) atoms. The molecule has 0 saturated heterocycles. The molecule has 0 radical (unpaired) electrons. The molecule has 0 aromatic heterocycles. The van der Waals surface area contributed by atoms with E-state index in [1.165, 1.54) is 25.1 Å². The highest BCUT2D eigenvalue weighted by atomic mass is 35.5. The molecule has 6 nitrogen and oxygen atoms in total. The number of halogens is 2. The van der Waals surface area contributed by atoms with E-state index in [0.29, 0.717) is 0 Å². The fourth-order valence-electron chi connectivity index (χ4n) is 1.99. The zero-order chi connectivity index (χ0) is 18.1. The fourth-order valence-corrected chi connectivity index (χ4v) is 4.12. The Morgan fingerprint density at radius 3 is 2.21 bits per heavy atom. The summed E-state index contributed by atoms with van der Waals surface area (Å²) in [5, 5.41) is 0.0245. The van der Waals surface area contributed by atoms with Gasteiger partial charge >= 0.3 is 0 Å². The number of nitrogens with one attached hydrogen (secondary N) is 2. The smallest absolute Gasteiger partial charge is 0.262 e. The van der Waals surface area contributed by atoms with Gasteiger partial charge in [-0.25, -0.2) is 21.2 Å². The highest BCUT2D eigenvalue weighted by Crippen LogP contribution is 2.28. The van der Waals surface area contributed by atoms with Crippen LogP contribution in [0.4, 0.5) is 15.8 Å². The normalized spacial score (nSPS) is 12.0. The predicted molar refractivity (Wildman–Crippen MR) is 91.9 cm³/mol. The van der Waals surface area contributed by atoms with Crippen LogP contribution in [0.15, 0.2) is 41.3 Å². The van der Waals surface area contributed by atoms with Gasteiger partial charge in [0.1, 0.15) is 5.82 Å². The number of sulfonamides is 2. The van der Waals surface area contributed by atoms with Crippen LogP contribution in [0.2, 0.25) is 5.02 Å². The monoisotopic (exact) mass is 392 g/mol. The van der Waals surface area contributed by atoms with Crippen molar-refractivity contribution < 1.29 is 21.2 Å². The van der Waals surface area contributed by atoms with Crippen LogP contribution < -0.4 is 9.44 Å². The SMILES string of the molecule is Cc1cc(F)ccc1S(=O)(=O)Nc1ccc(NS(C)(=O)=O)c(Cl)c1. The number of hydrogen-bond acceptors (Lipinski definition) is 4. The van der Waals surface area contributed by atoms with Gasteiger partial charge in [0.25, 0.3) is 10.0 Å². The van der Waals surface area contributed by atoms with Crippen molar-refractivity contribution in [2.24, 2.45) is 0 Å². The van der Waals surface area contributed by atoms with Gasteiger partial charge in [-0.05, 0) is 48.9 Å². The summed E-state index contributed by atoms with van der Waals surface area (Å²) in [4.78, 5) is -0.0710. The van der Waals surface area contributed by atoms with Crippen LogP contribution in [0.5, 0.6) is 0 Å². The minimum absolute atomic E-state index is 0.0245. The van der Waals surface area contributed by atoms with Crippen LogP contribution in [0.3, 0.4) is 0 Å². The zero-order valence-corrected chi connectivity index (χ0v) is 15.1. The summed E-state index contributed by atoms with van der Waals surface area (Å²) in [5.41, 5.74) is 0.520. The third-order valence-electron chi connectivity index (χ3n) is 2.94. The van der Waals surface area contributed by atoms with Gasteiger partial charge in [-0.15, -0.1) is 0 Å². The van der Waals surface area contributed by atoms with Gasteiger partial charge in [-0.3, -0.25) is 9.44 Å². The van der Waals surface area contributed by atoms with E-state index in [4.69, 9.17) is 11.6 Å². The standard InChI is InChI=1S/C14H14ClFN2O4S2/c1-9-7-10(16)3-6-14(9)24(21,22)17-11-4-5-13(12(15)8-11)18-23(2,19)20/h3-8,17-18H,1-2H3. The maximum Gasteiger partial charge on any atom is 0.262 e. The van der Waals surface area contributed by atoms with E-state index >= 15 is 0 Å². The molecule has 2 N–H and O–H groups in total. The first-order valence-electron chi connectivity index (χ1n) is 6.54. The summed E-state index contributed by atoms with van der Waals surface area (Å²) in [5.74, 6) is -0.536. The first-order valence-corrected chi connectivity index (χ1v) is 10.3. The fraction of sp³-hybridized carbons (Fsp3) is 0.143. The maximum absolute atomic E-state index is 13.1. The van der Waals surface area contributed by atoms with Gasteiger partial charge in [-0.2, -0.15) is 0 Å². The summed E-state index contributed by atoms with van der Waals surface area (Å²) >= 11 is 5.95. The zero-order valence-electron chi connectivity index (χ0n) is 12.7. The molecule has 0 heterocycles. The van der Waals surface area contributed by atoms with E-state index in [9.17, 15) is 21.2 Å². The molecule has 0 aliphatic heterocycles. The molecule has 0 spiro atoms. The van der Waals surface area contributed by atoms with E-state index in [1.807, 2.05) is 0 Å². The molecule has 0 aliphatic rings. The Labute approximate surface area is 144 Å². The van der Waals surface area contributed by atoms with E-state index < -0.39 is 25.9 Å². The first kappa shape index (κ1) is 18.5. The van der Waals surface area contributed by atoms with Gasteiger partial charge < -0.3 is 0 Å². The van der Waals surface area contributed by atoms with Gasteiger partial charge in [0.2, 0.25) is 10.0 Å². The molecule has 0 amide bonds. The quantitative estimate of drug-likeness (QED) is 0.818. The summed E-state index contributed by atoms with van der Waals surface area (Å²) < 4.78 is 64.8. The van der Waals surface area contributed by atoms with Crippen molar-refractivity contribution in [2.75, 3.05) is 15.7 Å². The van der Waals surface area contributed by atoms with Gasteiger partial charge in [-0.1, -0.05) is 11.6 Å². The number of rotatable bonds is 5. The average molecular weight is 393 g/mol. The van der Waals surface area contributed by atoms with Crippen molar-refractivity contribution in [3.05, 3.63) is 52.8 Å². The molecule has 2 aromatic carbocycles. The van der Waals surface area contributed by atoms with E-state index in [0.717, 1.165) is 24.5 Å². The Hall–Kier alpha value is -1.84. The second-order valence-corrected chi connectivity index (χ2v) is 8.89. The number of hydrogen-bond donors (Lipinski definition) is 2. The minimum atomic E-state index is -3.94. The molecule has 130 valence electrons. The maximum atomic E-state index is 13.1. The average Bonchev–Trinajstić information content (AvgIpc) is 2.39. The highest BCUT2D eigenvalue weighted by Gasteiger charge is 2.18. The van der Waals surface area contributed by atoms with Crippen molar-refractivity contribution in [3.63, 3.8) is 0 Å². The third-order valence-corrected chi connectivity index (χ3v) is 5.39. The van der Waals surface area contributed by atoms with Crippen molar-refractivity contribution in [1.82, 2.24) is 0 Å². The number of aryl methyl sites for hydroxylation is 1. The molecular weight excluding hydrogens is 379 g/mol. The molecule has 0 fully saturated rings. The molecular formula is C14H14ClFN2O4S2. The van der Waals surface area contributed by atoms with Crippen molar-refractivity contribution in [2.45, 2.75) is 11.8 Å². The lowest BCUT2D eigenvalue weighted by Gasteiger charge is -2.12.